The smallest absolute Gasteiger partial charge is 0.324 e. The molecule has 0 saturated carbocycles. The Morgan fingerprint density at radius 3 is 2.60 bits per heavy atom. The first kappa shape index (κ1) is 16.9. The molecular weight excluding hydrogens is 318 g/mol. The zero-order valence-electron chi connectivity index (χ0n) is 13.8. The number of hydrogen-bond acceptors (Lipinski definition) is 5. The van der Waals surface area contributed by atoms with Gasteiger partial charge in [-0.3, -0.25) is 9.78 Å². The van der Waals surface area contributed by atoms with Crippen LogP contribution < -0.4 is 10.5 Å². The van der Waals surface area contributed by atoms with Crippen LogP contribution in [0.2, 0.25) is 0 Å². The topological polar surface area (TPSA) is 98.3 Å². The standard InChI is InChI=1S/C19H19N3O3/c1-2-19(20,18(23)24)11-13-3-5-15(6-4-13)25-17-16-12-21-9-7-14(16)8-10-22-17/h3-10,12H,2,11,20H2,1H3,(H,23,24)/t19-/m0/s1. The number of benzene rings is 1. The van der Waals surface area contributed by atoms with Crippen molar-refractivity contribution in [2.24, 2.45) is 5.73 Å². The van der Waals surface area contributed by atoms with E-state index in [-0.39, 0.29) is 6.42 Å². The van der Waals surface area contributed by atoms with Gasteiger partial charge in [-0.2, -0.15) is 0 Å². The summed E-state index contributed by atoms with van der Waals surface area (Å²) in [6.45, 7) is 1.77. The Labute approximate surface area is 145 Å². The number of carboxylic acid groups (broad SMARTS) is 1. The molecule has 0 aliphatic heterocycles. The van der Waals surface area contributed by atoms with E-state index in [0.717, 1.165) is 16.3 Å². The largest absolute Gasteiger partial charge is 0.480 e. The van der Waals surface area contributed by atoms with Crippen molar-refractivity contribution in [1.29, 1.82) is 0 Å². The molecule has 6 heteroatoms. The average Bonchev–Trinajstić information content (AvgIpc) is 2.63. The van der Waals surface area contributed by atoms with Gasteiger partial charge in [-0.15, -0.1) is 0 Å². The predicted molar refractivity (Wildman–Crippen MR) is 94.6 cm³/mol. The van der Waals surface area contributed by atoms with Crippen LogP contribution in [0.4, 0.5) is 0 Å². The molecule has 2 heterocycles. The monoisotopic (exact) mass is 337 g/mol. The van der Waals surface area contributed by atoms with Crippen molar-refractivity contribution in [2.75, 3.05) is 0 Å². The van der Waals surface area contributed by atoms with E-state index in [1.807, 2.05) is 24.3 Å². The zero-order chi connectivity index (χ0) is 17.9. The van der Waals surface area contributed by atoms with Crippen LogP contribution in [0.1, 0.15) is 18.9 Å². The number of nitrogens with two attached hydrogens (primary N) is 1. The maximum atomic E-state index is 11.3. The lowest BCUT2D eigenvalue weighted by Crippen LogP contribution is -2.49. The molecule has 25 heavy (non-hydrogen) atoms. The van der Waals surface area contributed by atoms with E-state index in [9.17, 15) is 9.90 Å². The minimum Gasteiger partial charge on any atom is -0.480 e. The summed E-state index contributed by atoms with van der Waals surface area (Å²) in [4.78, 5) is 19.7. The summed E-state index contributed by atoms with van der Waals surface area (Å²) in [5.74, 6) is 0.0930. The molecule has 3 N–H and O–H groups in total. The van der Waals surface area contributed by atoms with Gasteiger partial charge in [0.05, 0.1) is 5.39 Å². The molecule has 6 nitrogen and oxygen atoms in total. The Kier molecular flexibility index (Phi) is 4.63. The molecule has 0 unspecified atom stereocenters. The molecule has 0 saturated heterocycles. The highest BCUT2D eigenvalue weighted by molar-refractivity contribution is 5.85. The number of pyridine rings is 2. The van der Waals surface area contributed by atoms with Crippen LogP contribution in [0.5, 0.6) is 11.6 Å². The number of carboxylic acids is 1. The van der Waals surface area contributed by atoms with Crippen molar-refractivity contribution in [2.45, 2.75) is 25.3 Å². The number of aliphatic carboxylic acids is 1. The van der Waals surface area contributed by atoms with E-state index in [0.29, 0.717) is 18.1 Å². The molecule has 3 aromatic rings. The van der Waals surface area contributed by atoms with Crippen molar-refractivity contribution in [3.05, 3.63) is 60.6 Å². The number of hydrogen-bond donors (Lipinski definition) is 2. The SMILES string of the molecule is CC[C@](N)(Cc1ccc(Oc2nccc3ccncc23)cc1)C(=O)O. The quantitative estimate of drug-likeness (QED) is 0.717. The first-order chi connectivity index (χ1) is 12.0. The lowest BCUT2D eigenvalue weighted by Gasteiger charge is -2.23. The normalized spacial score (nSPS) is 13.4. The fraction of sp³-hybridized carbons (Fsp3) is 0.211. The number of fused-ring (bicyclic) bond motifs is 1. The Hall–Kier alpha value is -2.99. The van der Waals surface area contributed by atoms with Crippen LogP contribution >= 0.6 is 0 Å². The number of rotatable bonds is 6. The fourth-order valence-corrected chi connectivity index (χ4v) is 2.57. The second-order valence-electron chi connectivity index (χ2n) is 5.95. The lowest BCUT2D eigenvalue weighted by atomic mass is 9.89. The van der Waals surface area contributed by atoms with E-state index in [4.69, 9.17) is 10.5 Å². The van der Waals surface area contributed by atoms with Crippen LogP contribution in [-0.4, -0.2) is 26.6 Å². The van der Waals surface area contributed by atoms with Gasteiger partial charge >= 0.3 is 5.97 Å². The molecular formula is C19H19N3O3. The number of nitrogens with zero attached hydrogens (tertiary/aromatic N) is 2. The number of aromatic nitrogens is 2. The second-order valence-corrected chi connectivity index (χ2v) is 5.95. The minimum absolute atomic E-state index is 0.259. The van der Waals surface area contributed by atoms with Gasteiger partial charge in [0.2, 0.25) is 5.88 Å². The molecule has 0 aliphatic carbocycles. The van der Waals surface area contributed by atoms with E-state index in [1.165, 1.54) is 0 Å². The first-order valence-electron chi connectivity index (χ1n) is 7.99. The highest BCUT2D eigenvalue weighted by Crippen LogP contribution is 2.27. The van der Waals surface area contributed by atoms with Gasteiger partial charge in [0, 0.05) is 25.0 Å². The van der Waals surface area contributed by atoms with Gasteiger partial charge in [-0.1, -0.05) is 19.1 Å². The van der Waals surface area contributed by atoms with E-state index in [2.05, 4.69) is 9.97 Å². The molecule has 0 bridgehead atoms. The minimum atomic E-state index is -1.26. The molecule has 128 valence electrons. The fourth-order valence-electron chi connectivity index (χ4n) is 2.57. The van der Waals surface area contributed by atoms with Gasteiger partial charge in [-0.25, -0.2) is 4.98 Å². The van der Waals surface area contributed by atoms with Crippen molar-refractivity contribution in [3.8, 4) is 11.6 Å². The van der Waals surface area contributed by atoms with Gasteiger partial charge in [0.1, 0.15) is 11.3 Å². The highest BCUT2D eigenvalue weighted by Gasteiger charge is 2.31. The first-order valence-corrected chi connectivity index (χ1v) is 7.99. The third kappa shape index (κ3) is 3.59. The molecule has 1 atom stereocenters. The number of carbonyl (C=O) groups is 1. The van der Waals surface area contributed by atoms with Gasteiger partial charge in [0.25, 0.3) is 0 Å². The van der Waals surface area contributed by atoms with E-state index in [1.54, 1.807) is 37.6 Å². The highest BCUT2D eigenvalue weighted by atomic mass is 16.5. The summed E-state index contributed by atoms with van der Waals surface area (Å²) in [6, 6.07) is 11.0. The Morgan fingerprint density at radius 2 is 1.92 bits per heavy atom. The van der Waals surface area contributed by atoms with Crippen LogP contribution in [-0.2, 0) is 11.2 Å². The maximum absolute atomic E-state index is 11.3. The zero-order valence-corrected chi connectivity index (χ0v) is 13.8. The number of ether oxygens (including phenoxy) is 1. The van der Waals surface area contributed by atoms with Crippen molar-refractivity contribution < 1.29 is 14.6 Å². The summed E-state index contributed by atoms with van der Waals surface area (Å²) >= 11 is 0. The van der Waals surface area contributed by atoms with Crippen LogP contribution in [0.25, 0.3) is 10.8 Å². The summed E-state index contributed by atoms with van der Waals surface area (Å²) in [6.07, 6.45) is 5.73. The Morgan fingerprint density at radius 1 is 1.20 bits per heavy atom. The molecule has 0 radical (unpaired) electrons. The molecule has 0 fully saturated rings. The molecule has 2 aromatic heterocycles. The summed E-state index contributed by atoms with van der Waals surface area (Å²) in [5, 5.41) is 11.1. The van der Waals surface area contributed by atoms with E-state index >= 15 is 0 Å². The second kappa shape index (κ2) is 6.86. The molecule has 0 amide bonds. The molecule has 1 aromatic carbocycles. The van der Waals surface area contributed by atoms with Gasteiger partial charge in [-0.05, 0) is 41.6 Å². The Balaban J connectivity index is 1.80. The van der Waals surface area contributed by atoms with E-state index < -0.39 is 11.5 Å². The molecule has 0 spiro atoms. The van der Waals surface area contributed by atoms with Gasteiger partial charge < -0.3 is 15.6 Å². The third-order valence-corrected chi connectivity index (χ3v) is 4.25. The molecule has 3 rings (SSSR count). The third-order valence-electron chi connectivity index (χ3n) is 4.25. The molecule has 0 aliphatic rings. The van der Waals surface area contributed by atoms with Crippen molar-refractivity contribution >= 4 is 16.7 Å². The van der Waals surface area contributed by atoms with Crippen LogP contribution in [0, 0.1) is 0 Å². The lowest BCUT2D eigenvalue weighted by molar-refractivity contribution is -0.143. The summed E-state index contributed by atoms with van der Waals surface area (Å²) in [7, 11) is 0. The van der Waals surface area contributed by atoms with Crippen molar-refractivity contribution in [1.82, 2.24) is 9.97 Å². The Bertz CT molecular complexity index is 891. The summed E-state index contributed by atoms with van der Waals surface area (Å²) < 4.78 is 5.85. The summed E-state index contributed by atoms with van der Waals surface area (Å²) in [5.41, 5.74) is 5.53. The van der Waals surface area contributed by atoms with Crippen LogP contribution in [0.3, 0.4) is 0 Å². The van der Waals surface area contributed by atoms with Gasteiger partial charge in [0.15, 0.2) is 0 Å². The van der Waals surface area contributed by atoms with Crippen molar-refractivity contribution in [3.63, 3.8) is 0 Å². The maximum Gasteiger partial charge on any atom is 0.324 e. The van der Waals surface area contributed by atoms with Crippen LogP contribution in [0.15, 0.2) is 55.0 Å². The predicted octanol–water partition coefficient (Wildman–Crippen LogP) is 3.16. The average molecular weight is 337 g/mol.